The van der Waals surface area contributed by atoms with Gasteiger partial charge in [-0.1, -0.05) is 61.2 Å². The standard InChI is InChI=1S/C20H20O2S2/c1-3-13-23-20(14-19(22)17-7-5-4-6-8-17)24-18-11-9-16(10-12-18)15(2)21/h4-12,14H,3,13H2,1-2H3/b20-14-. The molecule has 0 bridgehead atoms. The van der Waals surface area contributed by atoms with Crippen LogP contribution in [0.15, 0.2) is 69.8 Å². The smallest absolute Gasteiger partial charge is 0.187 e. The van der Waals surface area contributed by atoms with E-state index in [1.54, 1.807) is 36.5 Å². The Morgan fingerprint density at radius 2 is 1.62 bits per heavy atom. The summed E-state index contributed by atoms with van der Waals surface area (Å²) in [6.45, 7) is 3.68. The molecular weight excluding hydrogens is 336 g/mol. The van der Waals surface area contributed by atoms with Gasteiger partial charge in [0, 0.05) is 26.3 Å². The van der Waals surface area contributed by atoms with Gasteiger partial charge in [0.15, 0.2) is 11.6 Å². The monoisotopic (exact) mass is 356 g/mol. The van der Waals surface area contributed by atoms with Crippen LogP contribution in [0, 0.1) is 0 Å². The topological polar surface area (TPSA) is 34.1 Å². The molecule has 0 spiro atoms. The molecule has 0 unspecified atom stereocenters. The number of thioether (sulfide) groups is 2. The molecule has 0 aliphatic heterocycles. The van der Waals surface area contributed by atoms with Crippen molar-refractivity contribution in [3.8, 4) is 0 Å². The zero-order chi connectivity index (χ0) is 17.4. The SMILES string of the molecule is CCCS/C(=C/C(=O)c1ccccc1)Sc1ccc(C(C)=O)cc1. The number of benzene rings is 2. The summed E-state index contributed by atoms with van der Waals surface area (Å²) in [5.74, 6) is 1.04. The Morgan fingerprint density at radius 3 is 2.21 bits per heavy atom. The lowest BCUT2D eigenvalue weighted by Gasteiger charge is -2.07. The number of Topliss-reactive ketones (excluding diaryl/α,β-unsaturated/α-hetero) is 1. The van der Waals surface area contributed by atoms with Crippen LogP contribution in [0.3, 0.4) is 0 Å². The van der Waals surface area contributed by atoms with Gasteiger partial charge in [0.25, 0.3) is 0 Å². The van der Waals surface area contributed by atoms with Crippen LogP contribution < -0.4 is 0 Å². The van der Waals surface area contributed by atoms with Crippen molar-refractivity contribution >= 4 is 35.1 Å². The molecule has 0 N–H and O–H groups in total. The molecule has 0 aliphatic carbocycles. The van der Waals surface area contributed by atoms with E-state index in [1.165, 1.54) is 0 Å². The van der Waals surface area contributed by atoms with Crippen LogP contribution in [0.2, 0.25) is 0 Å². The third-order valence-electron chi connectivity index (χ3n) is 3.23. The summed E-state index contributed by atoms with van der Waals surface area (Å²) in [4.78, 5) is 24.8. The van der Waals surface area contributed by atoms with Crippen LogP contribution >= 0.6 is 23.5 Å². The first-order valence-corrected chi connectivity index (χ1v) is 9.63. The van der Waals surface area contributed by atoms with E-state index in [-0.39, 0.29) is 11.6 Å². The van der Waals surface area contributed by atoms with Crippen molar-refractivity contribution in [3.05, 3.63) is 76.0 Å². The first-order valence-electron chi connectivity index (χ1n) is 7.83. The third kappa shape index (κ3) is 5.69. The van der Waals surface area contributed by atoms with Crippen LogP contribution in [-0.4, -0.2) is 17.3 Å². The molecule has 0 aromatic heterocycles. The lowest BCUT2D eigenvalue weighted by molar-refractivity contribution is 0.101. The number of carbonyl (C=O) groups is 2. The molecule has 0 saturated heterocycles. The predicted molar refractivity (Wildman–Crippen MR) is 104 cm³/mol. The van der Waals surface area contributed by atoms with Crippen molar-refractivity contribution in [2.24, 2.45) is 0 Å². The quantitative estimate of drug-likeness (QED) is 0.337. The first-order chi connectivity index (χ1) is 11.6. The Labute approximate surface area is 151 Å². The van der Waals surface area contributed by atoms with Crippen LogP contribution in [0.25, 0.3) is 0 Å². The molecule has 24 heavy (non-hydrogen) atoms. The minimum absolute atomic E-state index is 0.0158. The highest BCUT2D eigenvalue weighted by molar-refractivity contribution is 8.22. The molecule has 2 rings (SSSR count). The minimum atomic E-state index is 0.0158. The summed E-state index contributed by atoms with van der Waals surface area (Å²) >= 11 is 3.25. The van der Waals surface area contributed by atoms with Crippen LogP contribution in [0.4, 0.5) is 0 Å². The van der Waals surface area contributed by atoms with Crippen LogP contribution in [0.5, 0.6) is 0 Å². The number of ketones is 2. The highest BCUT2D eigenvalue weighted by atomic mass is 32.2. The normalized spacial score (nSPS) is 11.3. The molecule has 2 nitrogen and oxygen atoms in total. The molecule has 0 amide bonds. The number of hydrogen-bond acceptors (Lipinski definition) is 4. The molecule has 0 aliphatic rings. The number of allylic oxidation sites excluding steroid dienone is 1. The maximum Gasteiger partial charge on any atom is 0.187 e. The maximum atomic E-state index is 12.4. The van der Waals surface area contributed by atoms with E-state index in [0.29, 0.717) is 11.1 Å². The van der Waals surface area contributed by atoms with E-state index in [0.717, 1.165) is 21.3 Å². The van der Waals surface area contributed by atoms with Gasteiger partial charge in [-0.25, -0.2) is 0 Å². The summed E-state index contributed by atoms with van der Waals surface area (Å²) in [6, 6.07) is 16.8. The maximum absolute atomic E-state index is 12.4. The second-order valence-corrected chi connectivity index (χ2v) is 7.74. The number of rotatable bonds is 8. The number of carbonyl (C=O) groups excluding carboxylic acids is 2. The van der Waals surface area contributed by atoms with Crippen molar-refractivity contribution < 1.29 is 9.59 Å². The second kappa shape index (κ2) is 9.50. The van der Waals surface area contributed by atoms with E-state index < -0.39 is 0 Å². The average Bonchev–Trinajstić information content (AvgIpc) is 2.60. The molecule has 4 heteroatoms. The van der Waals surface area contributed by atoms with E-state index in [4.69, 9.17) is 0 Å². The Hall–Kier alpha value is -1.78. The first kappa shape index (κ1) is 18.6. The molecule has 0 atom stereocenters. The van der Waals surface area contributed by atoms with Gasteiger partial charge in [0.1, 0.15) is 0 Å². The van der Waals surface area contributed by atoms with Crippen molar-refractivity contribution in [2.45, 2.75) is 25.2 Å². The van der Waals surface area contributed by atoms with Gasteiger partial charge in [-0.15, -0.1) is 11.8 Å². The Bertz CT molecular complexity index is 719. The summed E-state index contributed by atoms with van der Waals surface area (Å²) < 4.78 is 0.973. The van der Waals surface area contributed by atoms with Gasteiger partial charge in [-0.3, -0.25) is 9.59 Å². The third-order valence-corrected chi connectivity index (χ3v) is 5.68. The van der Waals surface area contributed by atoms with E-state index in [1.807, 2.05) is 54.6 Å². The minimum Gasteiger partial charge on any atom is -0.295 e. The fourth-order valence-electron chi connectivity index (χ4n) is 1.97. The summed E-state index contributed by atoms with van der Waals surface area (Å²) in [6.07, 6.45) is 2.75. The van der Waals surface area contributed by atoms with E-state index in [9.17, 15) is 9.59 Å². The van der Waals surface area contributed by atoms with Gasteiger partial charge in [-0.05, 0) is 31.2 Å². The second-order valence-electron chi connectivity index (χ2n) is 5.22. The number of hydrogen-bond donors (Lipinski definition) is 0. The fraction of sp³-hybridized carbons (Fsp3) is 0.200. The van der Waals surface area contributed by atoms with E-state index >= 15 is 0 Å². The average molecular weight is 357 g/mol. The van der Waals surface area contributed by atoms with Crippen molar-refractivity contribution in [3.63, 3.8) is 0 Å². The Morgan fingerprint density at radius 1 is 0.958 bits per heavy atom. The molecule has 2 aromatic carbocycles. The van der Waals surface area contributed by atoms with Gasteiger partial charge in [0.2, 0.25) is 0 Å². The molecule has 0 fully saturated rings. The zero-order valence-corrected chi connectivity index (χ0v) is 15.5. The highest BCUT2D eigenvalue weighted by Crippen LogP contribution is 2.35. The van der Waals surface area contributed by atoms with Crippen molar-refractivity contribution in [2.75, 3.05) is 5.75 Å². The Balaban J connectivity index is 2.16. The molecule has 0 saturated carbocycles. The largest absolute Gasteiger partial charge is 0.295 e. The van der Waals surface area contributed by atoms with Crippen LogP contribution in [-0.2, 0) is 0 Å². The molecule has 0 heterocycles. The van der Waals surface area contributed by atoms with E-state index in [2.05, 4.69) is 6.92 Å². The molecule has 0 radical (unpaired) electrons. The van der Waals surface area contributed by atoms with Crippen molar-refractivity contribution in [1.82, 2.24) is 0 Å². The Kier molecular flexibility index (Phi) is 7.35. The molecule has 124 valence electrons. The summed E-state index contributed by atoms with van der Waals surface area (Å²) in [5, 5.41) is 0. The van der Waals surface area contributed by atoms with Gasteiger partial charge in [0.05, 0.1) is 0 Å². The van der Waals surface area contributed by atoms with Crippen molar-refractivity contribution in [1.29, 1.82) is 0 Å². The van der Waals surface area contributed by atoms with Crippen LogP contribution in [0.1, 0.15) is 41.0 Å². The fourth-order valence-corrected chi connectivity index (χ4v) is 4.01. The highest BCUT2D eigenvalue weighted by Gasteiger charge is 2.08. The summed E-state index contributed by atoms with van der Waals surface area (Å²) in [7, 11) is 0. The van der Waals surface area contributed by atoms with Gasteiger partial charge in [-0.2, -0.15) is 0 Å². The molecule has 2 aromatic rings. The lowest BCUT2D eigenvalue weighted by Crippen LogP contribution is -1.95. The predicted octanol–water partition coefficient (Wildman–Crippen LogP) is 5.85. The van der Waals surface area contributed by atoms with Gasteiger partial charge < -0.3 is 0 Å². The summed E-state index contributed by atoms with van der Waals surface area (Å²) in [5.41, 5.74) is 1.39. The van der Waals surface area contributed by atoms with Gasteiger partial charge >= 0.3 is 0 Å². The molecular formula is C20H20O2S2. The lowest BCUT2D eigenvalue weighted by atomic mass is 10.1. The zero-order valence-electron chi connectivity index (χ0n) is 13.8.